The van der Waals surface area contributed by atoms with Gasteiger partial charge in [0.05, 0.1) is 11.1 Å². The summed E-state index contributed by atoms with van der Waals surface area (Å²) >= 11 is 0. The van der Waals surface area contributed by atoms with Gasteiger partial charge >= 0.3 is 0 Å². The topological polar surface area (TPSA) is 92.9 Å². The molecule has 23 heavy (non-hydrogen) atoms. The highest BCUT2D eigenvalue weighted by atomic mass is 19.1. The first kappa shape index (κ1) is 15.4. The molecule has 0 bridgehead atoms. The predicted octanol–water partition coefficient (Wildman–Crippen LogP) is 1.59. The number of piperidine rings is 1. The van der Waals surface area contributed by atoms with Gasteiger partial charge in [0.2, 0.25) is 11.7 Å². The van der Waals surface area contributed by atoms with E-state index in [2.05, 4.69) is 20.6 Å². The Morgan fingerprint density at radius 1 is 1.26 bits per heavy atom. The first-order valence-corrected chi connectivity index (χ1v) is 7.54. The Balaban J connectivity index is 1.79. The standard InChI is InChI=1S/C16H18FN5O/c17-13-4-2-1-3-11(13)14(23)12-9-20-16(22-15(12)18)21-10-5-7-19-8-6-10/h1-4,9-10,19H,5-8H2,(H3,18,20,21,22). The summed E-state index contributed by atoms with van der Waals surface area (Å²) in [5, 5.41) is 6.49. The minimum absolute atomic E-state index is 0.0399. The summed E-state index contributed by atoms with van der Waals surface area (Å²) in [5.74, 6) is -0.674. The number of carbonyl (C=O) groups is 1. The van der Waals surface area contributed by atoms with Gasteiger partial charge in [-0.25, -0.2) is 9.37 Å². The van der Waals surface area contributed by atoms with E-state index in [0.29, 0.717) is 5.95 Å². The molecule has 6 nitrogen and oxygen atoms in total. The van der Waals surface area contributed by atoms with Crippen molar-refractivity contribution in [3.8, 4) is 0 Å². The molecule has 1 aromatic heterocycles. The van der Waals surface area contributed by atoms with Crippen LogP contribution in [0.2, 0.25) is 0 Å². The lowest BCUT2D eigenvalue weighted by molar-refractivity contribution is 0.103. The molecule has 0 radical (unpaired) electrons. The second-order valence-corrected chi connectivity index (χ2v) is 5.47. The van der Waals surface area contributed by atoms with E-state index in [0.717, 1.165) is 25.9 Å². The van der Waals surface area contributed by atoms with E-state index in [4.69, 9.17) is 5.73 Å². The van der Waals surface area contributed by atoms with E-state index >= 15 is 0 Å². The maximum atomic E-state index is 13.7. The van der Waals surface area contributed by atoms with Crippen LogP contribution in [0.25, 0.3) is 0 Å². The number of benzene rings is 1. The molecule has 0 aliphatic carbocycles. The minimum Gasteiger partial charge on any atom is -0.383 e. The zero-order valence-electron chi connectivity index (χ0n) is 12.6. The average Bonchev–Trinajstić information content (AvgIpc) is 2.56. The predicted molar refractivity (Wildman–Crippen MR) is 85.8 cm³/mol. The van der Waals surface area contributed by atoms with Crippen LogP contribution in [-0.4, -0.2) is 34.9 Å². The van der Waals surface area contributed by atoms with Crippen LogP contribution >= 0.6 is 0 Å². The molecule has 1 aliphatic heterocycles. The molecular weight excluding hydrogens is 297 g/mol. The van der Waals surface area contributed by atoms with Crippen molar-refractivity contribution in [2.45, 2.75) is 18.9 Å². The van der Waals surface area contributed by atoms with Gasteiger partial charge in [-0.2, -0.15) is 4.98 Å². The van der Waals surface area contributed by atoms with Crippen LogP contribution in [0.3, 0.4) is 0 Å². The van der Waals surface area contributed by atoms with Crippen molar-refractivity contribution in [1.82, 2.24) is 15.3 Å². The molecule has 0 atom stereocenters. The van der Waals surface area contributed by atoms with Crippen molar-refractivity contribution in [2.24, 2.45) is 0 Å². The van der Waals surface area contributed by atoms with Crippen molar-refractivity contribution in [3.63, 3.8) is 0 Å². The second kappa shape index (κ2) is 6.70. The van der Waals surface area contributed by atoms with Crippen molar-refractivity contribution in [2.75, 3.05) is 24.1 Å². The summed E-state index contributed by atoms with van der Waals surface area (Å²) in [4.78, 5) is 20.6. The average molecular weight is 315 g/mol. The summed E-state index contributed by atoms with van der Waals surface area (Å²) in [6.45, 7) is 1.88. The molecule has 120 valence electrons. The number of carbonyl (C=O) groups excluding carboxylic acids is 1. The van der Waals surface area contributed by atoms with E-state index in [1.165, 1.54) is 24.4 Å². The Bertz CT molecular complexity index is 715. The monoisotopic (exact) mass is 315 g/mol. The summed E-state index contributed by atoms with van der Waals surface area (Å²) in [5.41, 5.74) is 5.93. The van der Waals surface area contributed by atoms with Gasteiger partial charge in [0.15, 0.2) is 0 Å². The largest absolute Gasteiger partial charge is 0.383 e. The number of hydrogen-bond acceptors (Lipinski definition) is 6. The fourth-order valence-corrected chi connectivity index (χ4v) is 2.58. The summed E-state index contributed by atoms with van der Waals surface area (Å²) in [6, 6.07) is 6.05. The third-order valence-electron chi connectivity index (χ3n) is 3.85. The Morgan fingerprint density at radius 3 is 2.70 bits per heavy atom. The molecule has 1 fully saturated rings. The lowest BCUT2D eigenvalue weighted by Gasteiger charge is -2.23. The smallest absolute Gasteiger partial charge is 0.224 e. The highest BCUT2D eigenvalue weighted by molar-refractivity contribution is 6.11. The summed E-state index contributed by atoms with van der Waals surface area (Å²) < 4.78 is 13.7. The van der Waals surface area contributed by atoms with Gasteiger partial charge < -0.3 is 16.4 Å². The normalized spacial score (nSPS) is 15.3. The Kier molecular flexibility index (Phi) is 4.47. The van der Waals surface area contributed by atoms with E-state index in [-0.39, 0.29) is 23.0 Å². The molecule has 0 saturated carbocycles. The summed E-state index contributed by atoms with van der Waals surface area (Å²) in [6.07, 6.45) is 3.29. The van der Waals surface area contributed by atoms with Crippen LogP contribution in [0.4, 0.5) is 16.2 Å². The van der Waals surface area contributed by atoms with E-state index in [1.807, 2.05) is 0 Å². The van der Waals surface area contributed by atoms with E-state index in [9.17, 15) is 9.18 Å². The first-order valence-electron chi connectivity index (χ1n) is 7.54. The molecule has 1 saturated heterocycles. The number of nitrogens with one attached hydrogen (secondary N) is 2. The first-order chi connectivity index (χ1) is 11.1. The van der Waals surface area contributed by atoms with E-state index < -0.39 is 11.6 Å². The van der Waals surface area contributed by atoms with Crippen molar-refractivity contribution >= 4 is 17.5 Å². The number of nitrogen functional groups attached to an aromatic ring is 1. The molecule has 0 unspecified atom stereocenters. The van der Waals surface area contributed by atoms with Gasteiger partial charge in [-0.15, -0.1) is 0 Å². The van der Waals surface area contributed by atoms with Crippen LogP contribution in [-0.2, 0) is 0 Å². The number of anilines is 2. The third kappa shape index (κ3) is 3.45. The Hall–Kier alpha value is -2.54. The van der Waals surface area contributed by atoms with Gasteiger partial charge in [-0.1, -0.05) is 12.1 Å². The van der Waals surface area contributed by atoms with Crippen LogP contribution in [0, 0.1) is 5.82 Å². The molecule has 2 heterocycles. The van der Waals surface area contributed by atoms with Gasteiger partial charge in [0, 0.05) is 12.2 Å². The molecule has 0 spiro atoms. The lowest BCUT2D eigenvalue weighted by Crippen LogP contribution is -2.35. The number of halogens is 1. The molecule has 0 amide bonds. The molecule has 1 aromatic carbocycles. The molecule has 4 N–H and O–H groups in total. The Labute approximate surface area is 133 Å². The highest BCUT2D eigenvalue weighted by Gasteiger charge is 2.19. The molecule has 7 heteroatoms. The quantitative estimate of drug-likeness (QED) is 0.742. The zero-order chi connectivity index (χ0) is 16.2. The molecular formula is C16H18FN5O. The fourth-order valence-electron chi connectivity index (χ4n) is 2.58. The van der Waals surface area contributed by atoms with Gasteiger partial charge in [-0.05, 0) is 38.1 Å². The number of nitrogens with zero attached hydrogens (tertiary/aromatic N) is 2. The lowest BCUT2D eigenvalue weighted by atomic mass is 10.0. The highest BCUT2D eigenvalue weighted by Crippen LogP contribution is 2.18. The van der Waals surface area contributed by atoms with Crippen LogP contribution in [0.15, 0.2) is 30.5 Å². The van der Waals surface area contributed by atoms with E-state index in [1.54, 1.807) is 6.07 Å². The zero-order valence-corrected chi connectivity index (χ0v) is 12.6. The van der Waals surface area contributed by atoms with Crippen LogP contribution in [0.1, 0.15) is 28.8 Å². The minimum atomic E-state index is -0.589. The number of aromatic nitrogens is 2. The van der Waals surface area contributed by atoms with Crippen molar-refractivity contribution < 1.29 is 9.18 Å². The number of nitrogens with two attached hydrogens (primary N) is 1. The van der Waals surface area contributed by atoms with Gasteiger partial charge in [0.1, 0.15) is 11.6 Å². The molecule has 1 aliphatic rings. The van der Waals surface area contributed by atoms with Gasteiger partial charge in [0.25, 0.3) is 0 Å². The maximum Gasteiger partial charge on any atom is 0.224 e. The number of rotatable bonds is 4. The second-order valence-electron chi connectivity index (χ2n) is 5.47. The van der Waals surface area contributed by atoms with Crippen molar-refractivity contribution in [1.29, 1.82) is 0 Å². The Morgan fingerprint density at radius 2 is 2.00 bits per heavy atom. The summed E-state index contributed by atoms with van der Waals surface area (Å²) in [7, 11) is 0. The van der Waals surface area contributed by atoms with Gasteiger partial charge in [-0.3, -0.25) is 4.79 Å². The number of ketones is 1. The molecule has 2 aromatic rings. The van der Waals surface area contributed by atoms with Crippen molar-refractivity contribution in [3.05, 3.63) is 47.4 Å². The fraction of sp³-hybridized carbons (Fsp3) is 0.312. The number of hydrogen-bond donors (Lipinski definition) is 3. The molecule has 3 rings (SSSR count). The van der Waals surface area contributed by atoms with Crippen LogP contribution in [0.5, 0.6) is 0 Å². The van der Waals surface area contributed by atoms with Crippen LogP contribution < -0.4 is 16.4 Å². The SMILES string of the molecule is Nc1nc(NC2CCNCC2)ncc1C(=O)c1ccccc1F. The maximum absolute atomic E-state index is 13.7. The third-order valence-corrected chi connectivity index (χ3v) is 3.85.